The van der Waals surface area contributed by atoms with Gasteiger partial charge in [-0.3, -0.25) is 36.2 Å². The van der Waals surface area contributed by atoms with Crippen molar-refractivity contribution in [2.75, 3.05) is 44.1 Å². The van der Waals surface area contributed by atoms with Crippen LogP contribution in [0.4, 0.5) is 17.3 Å². The van der Waals surface area contributed by atoms with Crippen molar-refractivity contribution in [3.63, 3.8) is 0 Å². The van der Waals surface area contributed by atoms with Crippen molar-refractivity contribution in [1.29, 1.82) is 0 Å². The molecule has 3 rings (SSSR count). The van der Waals surface area contributed by atoms with Gasteiger partial charge in [-0.15, -0.1) is 0 Å². The highest BCUT2D eigenvalue weighted by molar-refractivity contribution is 5.94. The molecule has 1 aliphatic rings. The number of amides is 1. The smallest absolute Gasteiger partial charge is 0.304 e. The second-order valence-corrected chi connectivity index (χ2v) is 5.90. The van der Waals surface area contributed by atoms with E-state index in [4.69, 9.17) is 0 Å². The summed E-state index contributed by atoms with van der Waals surface area (Å²) in [6.45, 7) is 3.05. The molecular weight excluding hydrogens is 354 g/mol. The molecule has 0 saturated carbocycles. The van der Waals surface area contributed by atoms with Crippen LogP contribution in [0, 0.1) is 10.1 Å². The van der Waals surface area contributed by atoms with Crippen LogP contribution in [0.2, 0.25) is 0 Å². The van der Waals surface area contributed by atoms with Gasteiger partial charge in [-0.05, 0) is 19.2 Å². The molecule has 0 aliphatic carbocycles. The minimum atomic E-state index is -0.600. The number of carbonyl (C=O) groups is 1. The average molecular weight is 373 g/mol. The van der Waals surface area contributed by atoms with Crippen molar-refractivity contribution < 1.29 is 9.72 Å². The van der Waals surface area contributed by atoms with E-state index in [1.54, 1.807) is 12.1 Å². The van der Waals surface area contributed by atoms with Crippen molar-refractivity contribution in [2.45, 2.75) is 0 Å². The molecule has 3 N–H and O–H groups in total. The Morgan fingerprint density at radius 1 is 1.22 bits per heavy atom. The molecule has 1 fully saturated rings. The maximum absolute atomic E-state index is 12.1. The van der Waals surface area contributed by atoms with E-state index in [1.165, 1.54) is 18.7 Å². The minimum Gasteiger partial charge on any atom is -0.304 e. The van der Waals surface area contributed by atoms with Gasteiger partial charge in [-0.2, -0.15) is 0 Å². The van der Waals surface area contributed by atoms with Crippen molar-refractivity contribution in [1.82, 2.24) is 30.3 Å². The molecule has 0 unspecified atom stereocenters. The summed E-state index contributed by atoms with van der Waals surface area (Å²) in [4.78, 5) is 36.9. The molecule has 0 atom stereocenters. The normalized spacial score (nSPS) is 15.1. The summed E-state index contributed by atoms with van der Waals surface area (Å²) in [5.41, 5.74) is 7.77. The van der Waals surface area contributed by atoms with Gasteiger partial charge in [0, 0.05) is 38.6 Å². The summed E-state index contributed by atoms with van der Waals surface area (Å²) >= 11 is 0. The topological polar surface area (TPSA) is 141 Å². The van der Waals surface area contributed by atoms with Crippen molar-refractivity contribution in [3.8, 4) is 0 Å². The molecule has 142 valence electrons. The number of pyridine rings is 1. The van der Waals surface area contributed by atoms with Crippen LogP contribution in [0.25, 0.3) is 0 Å². The van der Waals surface area contributed by atoms with E-state index in [2.05, 4.69) is 36.1 Å². The highest BCUT2D eigenvalue weighted by Crippen LogP contribution is 2.28. The fourth-order valence-corrected chi connectivity index (χ4v) is 2.48. The number of nitrogens with one attached hydrogen (secondary N) is 3. The Morgan fingerprint density at radius 3 is 2.63 bits per heavy atom. The second kappa shape index (κ2) is 8.33. The van der Waals surface area contributed by atoms with E-state index in [1.807, 2.05) is 12.1 Å². The summed E-state index contributed by atoms with van der Waals surface area (Å²) in [5.74, 6) is -0.564. The first-order valence-corrected chi connectivity index (χ1v) is 8.20. The fourth-order valence-electron chi connectivity index (χ4n) is 2.48. The summed E-state index contributed by atoms with van der Waals surface area (Å²) < 4.78 is 0. The van der Waals surface area contributed by atoms with E-state index in [-0.39, 0.29) is 17.3 Å². The largest absolute Gasteiger partial charge is 0.356 e. The van der Waals surface area contributed by atoms with Gasteiger partial charge < -0.3 is 4.90 Å². The zero-order valence-corrected chi connectivity index (χ0v) is 14.6. The molecule has 0 spiro atoms. The Kier molecular flexibility index (Phi) is 5.68. The SMILES string of the molecule is CN1CCN(Nc2ncnc(NNC(=O)c3cccnc3)c2[N+](=O)[O-])CC1. The zero-order valence-electron chi connectivity index (χ0n) is 14.6. The number of hydrazine groups is 2. The van der Waals surface area contributed by atoms with Gasteiger partial charge >= 0.3 is 5.69 Å². The second-order valence-electron chi connectivity index (χ2n) is 5.90. The van der Waals surface area contributed by atoms with Gasteiger partial charge in [0.25, 0.3) is 5.91 Å². The van der Waals surface area contributed by atoms with Crippen molar-refractivity contribution >= 4 is 23.2 Å². The molecular formula is C15H19N9O3. The molecule has 0 aromatic carbocycles. The standard InChI is InChI=1S/C15H19N9O3/c1-22-5-7-23(8-6-22)21-14-12(24(26)27)13(17-10-18-14)19-20-15(25)11-3-2-4-16-9-11/h2-4,9-10H,5-8H2,1H3,(H,20,25)(H2,17,18,19,21). The number of anilines is 2. The third-order valence-corrected chi connectivity index (χ3v) is 3.99. The Bertz CT molecular complexity index is 809. The van der Waals surface area contributed by atoms with Crippen LogP contribution in [0.1, 0.15) is 10.4 Å². The first kappa shape index (κ1) is 18.4. The van der Waals surface area contributed by atoms with E-state index in [0.717, 1.165) is 13.1 Å². The number of aromatic nitrogens is 3. The molecule has 1 amide bonds. The monoisotopic (exact) mass is 373 g/mol. The third-order valence-electron chi connectivity index (χ3n) is 3.99. The van der Waals surface area contributed by atoms with Crippen molar-refractivity contribution in [3.05, 3.63) is 46.5 Å². The lowest BCUT2D eigenvalue weighted by molar-refractivity contribution is -0.383. The number of nitrogens with zero attached hydrogens (tertiary/aromatic N) is 6. The molecule has 2 aromatic rings. The Labute approximate surface area is 154 Å². The molecule has 3 heterocycles. The summed E-state index contributed by atoms with van der Waals surface area (Å²) in [6, 6.07) is 3.18. The predicted octanol–water partition coefficient (Wildman–Crippen LogP) is 0.111. The first-order valence-electron chi connectivity index (χ1n) is 8.20. The average Bonchev–Trinajstić information content (AvgIpc) is 2.68. The number of hydrogen-bond acceptors (Lipinski definition) is 10. The Balaban J connectivity index is 1.73. The molecule has 0 bridgehead atoms. The van der Waals surface area contributed by atoms with E-state index in [9.17, 15) is 14.9 Å². The van der Waals surface area contributed by atoms with E-state index >= 15 is 0 Å². The number of likely N-dealkylation sites (N-methyl/N-ethyl adjacent to an activating group) is 1. The number of nitro groups is 1. The van der Waals surface area contributed by atoms with Crippen LogP contribution < -0.4 is 16.3 Å². The van der Waals surface area contributed by atoms with Crippen LogP contribution >= 0.6 is 0 Å². The number of carbonyl (C=O) groups excluding carboxylic acids is 1. The van der Waals surface area contributed by atoms with Gasteiger partial charge in [-0.25, -0.2) is 15.0 Å². The molecule has 1 aliphatic heterocycles. The van der Waals surface area contributed by atoms with Crippen LogP contribution in [-0.2, 0) is 0 Å². The highest BCUT2D eigenvalue weighted by Gasteiger charge is 2.25. The van der Waals surface area contributed by atoms with Gasteiger partial charge in [-0.1, -0.05) is 0 Å². The Hall–Kier alpha value is -3.38. The summed E-state index contributed by atoms with van der Waals surface area (Å²) in [6.07, 6.45) is 4.10. The molecule has 27 heavy (non-hydrogen) atoms. The van der Waals surface area contributed by atoms with Crippen LogP contribution in [0.5, 0.6) is 0 Å². The third kappa shape index (κ3) is 4.62. The van der Waals surface area contributed by atoms with Gasteiger partial charge in [0.1, 0.15) is 6.33 Å². The predicted molar refractivity (Wildman–Crippen MR) is 96.7 cm³/mol. The molecule has 12 nitrogen and oxygen atoms in total. The number of piperazine rings is 1. The van der Waals surface area contributed by atoms with Gasteiger partial charge in [0.2, 0.25) is 11.6 Å². The lowest BCUT2D eigenvalue weighted by atomic mass is 10.3. The van der Waals surface area contributed by atoms with Gasteiger partial charge in [0.15, 0.2) is 0 Å². The fraction of sp³-hybridized carbons (Fsp3) is 0.333. The minimum absolute atomic E-state index is 0.0534. The lowest BCUT2D eigenvalue weighted by Gasteiger charge is -2.32. The maximum Gasteiger partial charge on any atom is 0.356 e. The zero-order chi connectivity index (χ0) is 19.2. The Morgan fingerprint density at radius 2 is 1.96 bits per heavy atom. The summed E-state index contributed by atoms with van der Waals surface area (Å²) in [5, 5.41) is 13.4. The van der Waals surface area contributed by atoms with E-state index in [0.29, 0.717) is 18.7 Å². The number of rotatable bonds is 6. The lowest BCUT2D eigenvalue weighted by Crippen LogP contribution is -2.47. The molecule has 1 saturated heterocycles. The molecule has 2 aromatic heterocycles. The number of hydrogen-bond donors (Lipinski definition) is 3. The van der Waals surface area contributed by atoms with Gasteiger partial charge in [0.05, 0.1) is 10.5 Å². The maximum atomic E-state index is 12.1. The van der Waals surface area contributed by atoms with Crippen LogP contribution in [0.15, 0.2) is 30.9 Å². The van der Waals surface area contributed by atoms with E-state index < -0.39 is 10.8 Å². The molecule has 0 radical (unpaired) electrons. The van der Waals surface area contributed by atoms with Crippen molar-refractivity contribution in [2.24, 2.45) is 0 Å². The van der Waals surface area contributed by atoms with Crippen LogP contribution in [0.3, 0.4) is 0 Å². The quantitative estimate of drug-likeness (QED) is 0.472. The highest BCUT2D eigenvalue weighted by atomic mass is 16.6. The summed E-state index contributed by atoms with van der Waals surface area (Å²) in [7, 11) is 2.01. The molecule has 12 heteroatoms. The van der Waals surface area contributed by atoms with Crippen LogP contribution in [-0.4, -0.2) is 68.9 Å². The first-order chi connectivity index (χ1) is 13.0.